The number of aryl methyl sites for hydroxylation is 1. The first-order valence-corrected chi connectivity index (χ1v) is 8.55. The van der Waals surface area contributed by atoms with Crippen molar-refractivity contribution >= 4 is 35.0 Å². The van der Waals surface area contributed by atoms with Gasteiger partial charge in [-0.3, -0.25) is 25.2 Å². The summed E-state index contributed by atoms with van der Waals surface area (Å²) in [4.78, 5) is 38.2. The van der Waals surface area contributed by atoms with Gasteiger partial charge in [0.05, 0.1) is 16.5 Å². The number of nitrogens with one attached hydrogen (secondary N) is 2. The Labute approximate surface area is 156 Å². The second kappa shape index (κ2) is 7.58. The normalized spacial score (nSPS) is 16.5. The monoisotopic (exact) mass is 371 g/mol. The van der Waals surface area contributed by atoms with Crippen LogP contribution >= 0.6 is 11.6 Å². The largest absolute Gasteiger partial charge is 0.312 e. The van der Waals surface area contributed by atoms with Gasteiger partial charge in [-0.2, -0.15) is 0 Å². The Morgan fingerprint density at radius 2 is 1.77 bits per heavy atom. The number of benzene rings is 2. The quantitative estimate of drug-likeness (QED) is 0.813. The lowest BCUT2D eigenvalue weighted by molar-refractivity contribution is -0.126. The van der Waals surface area contributed by atoms with E-state index in [2.05, 4.69) is 10.9 Å². The third-order valence-corrected chi connectivity index (χ3v) is 4.59. The minimum Gasteiger partial charge on any atom is -0.312 e. The number of amides is 3. The number of carbonyl (C=O) groups is 3. The summed E-state index contributed by atoms with van der Waals surface area (Å²) < 4.78 is 0. The number of anilines is 1. The van der Waals surface area contributed by atoms with Gasteiger partial charge in [0, 0.05) is 18.7 Å². The van der Waals surface area contributed by atoms with Gasteiger partial charge in [-0.25, -0.2) is 0 Å². The summed E-state index contributed by atoms with van der Waals surface area (Å²) in [5, 5.41) is 0.292. The molecule has 0 aliphatic carbocycles. The molecule has 1 unspecified atom stereocenters. The maximum absolute atomic E-state index is 12.3. The van der Waals surface area contributed by atoms with Crippen molar-refractivity contribution in [2.24, 2.45) is 5.92 Å². The summed E-state index contributed by atoms with van der Waals surface area (Å²) in [7, 11) is 0. The first-order valence-electron chi connectivity index (χ1n) is 8.17. The molecule has 0 aromatic heterocycles. The highest BCUT2D eigenvalue weighted by Crippen LogP contribution is 2.25. The lowest BCUT2D eigenvalue weighted by Crippen LogP contribution is -2.45. The van der Waals surface area contributed by atoms with Crippen LogP contribution in [0, 0.1) is 12.8 Å². The summed E-state index contributed by atoms with van der Waals surface area (Å²) in [6.45, 7) is 2.24. The van der Waals surface area contributed by atoms with Gasteiger partial charge in [-0.1, -0.05) is 41.4 Å². The van der Waals surface area contributed by atoms with E-state index in [-0.39, 0.29) is 24.4 Å². The fourth-order valence-corrected chi connectivity index (χ4v) is 3.01. The molecule has 0 radical (unpaired) electrons. The summed E-state index contributed by atoms with van der Waals surface area (Å²) in [6.07, 6.45) is 0.0989. The number of hydrogen-bond acceptors (Lipinski definition) is 3. The van der Waals surface area contributed by atoms with Gasteiger partial charge in [-0.15, -0.1) is 0 Å². The number of hydrogen-bond donors (Lipinski definition) is 2. The molecule has 2 N–H and O–H groups in total. The number of nitrogens with zero attached hydrogens (tertiary/aromatic N) is 1. The molecule has 0 saturated carbocycles. The van der Waals surface area contributed by atoms with Crippen molar-refractivity contribution < 1.29 is 14.4 Å². The zero-order chi connectivity index (χ0) is 18.7. The van der Waals surface area contributed by atoms with E-state index in [1.54, 1.807) is 29.2 Å². The van der Waals surface area contributed by atoms with Gasteiger partial charge >= 0.3 is 0 Å². The van der Waals surface area contributed by atoms with Crippen LogP contribution in [0.2, 0.25) is 5.02 Å². The third-order valence-electron chi connectivity index (χ3n) is 4.26. The molecule has 2 aromatic rings. The molecule has 3 amide bonds. The molecule has 1 saturated heterocycles. The van der Waals surface area contributed by atoms with Crippen molar-refractivity contribution in [2.75, 3.05) is 11.4 Å². The molecule has 7 heteroatoms. The van der Waals surface area contributed by atoms with E-state index >= 15 is 0 Å². The Bertz CT molecular complexity index is 851. The minimum atomic E-state index is -0.532. The maximum Gasteiger partial charge on any atom is 0.271 e. The smallest absolute Gasteiger partial charge is 0.271 e. The number of carbonyl (C=O) groups excluding carboxylic acids is 3. The summed E-state index contributed by atoms with van der Waals surface area (Å²) in [5.41, 5.74) is 6.83. The molecule has 6 nitrogen and oxygen atoms in total. The number of hydrazine groups is 1. The fraction of sp³-hybridized carbons (Fsp3) is 0.211. The molecule has 1 atom stereocenters. The lowest BCUT2D eigenvalue weighted by Gasteiger charge is -2.17. The van der Waals surface area contributed by atoms with Crippen molar-refractivity contribution in [1.82, 2.24) is 10.9 Å². The summed E-state index contributed by atoms with van der Waals surface area (Å²) >= 11 is 5.95. The minimum absolute atomic E-state index is 0.0989. The van der Waals surface area contributed by atoms with E-state index in [4.69, 9.17) is 11.6 Å². The van der Waals surface area contributed by atoms with Crippen molar-refractivity contribution in [3.63, 3.8) is 0 Å². The lowest BCUT2D eigenvalue weighted by atomic mass is 10.1. The number of rotatable bonds is 3. The summed E-state index contributed by atoms with van der Waals surface area (Å²) in [5.74, 6) is -1.57. The SMILES string of the molecule is Cc1ccc(N2CC(C(=O)NNC(=O)c3ccccc3Cl)CC2=O)cc1. The second-order valence-corrected chi connectivity index (χ2v) is 6.57. The van der Waals surface area contributed by atoms with E-state index in [9.17, 15) is 14.4 Å². The third kappa shape index (κ3) is 3.86. The first kappa shape index (κ1) is 17.9. The average Bonchev–Trinajstić information content (AvgIpc) is 3.02. The molecule has 1 aliphatic heterocycles. The predicted octanol–water partition coefficient (Wildman–Crippen LogP) is 2.46. The Balaban J connectivity index is 1.59. The molecule has 1 fully saturated rings. The van der Waals surface area contributed by atoms with Crippen LogP contribution in [-0.4, -0.2) is 24.3 Å². The van der Waals surface area contributed by atoms with Crippen LogP contribution in [0.25, 0.3) is 0 Å². The molecular formula is C19H18ClN3O3. The van der Waals surface area contributed by atoms with Crippen molar-refractivity contribution in [3.8, 4) is 0 Å². The molecule has 3 rings (SSSR count). The highest BCUT2D eigenvalue weighted by Gasteiger charge is 2.35. The Morgan fingerprint density at radius 3 is 2.46 bits per heavy atom. The zero-order valence-corrected chi connectivity index (χ0v) is 14.9. The van der Waals surface area contributed by atoms with Crippen LogP contribution in [0.3, 0.4) is 0 Å². The molecule has 1 aliphatic rings. The van der Waals surface area contributed by atoms with E-state index in [1.165, 1.54) is 0 Å². The molecule has 26 heavy (non-hydrogen) atoms. The van der Waals surface area contributed by atoms with E-state index in [0.717, 1.165) is 11.3 Å². The maximum atomic E-state index is 12.3. The van der Waals surface area contributed by atoms with Gasteiger partial charge in [0.25, 0.3) is 5.91 Å². The van der Waals surface area contributed by atoms with Crippen molar-refractivity contribution in [1.29, 1.82) is 0 Å². The van der Waals surface area contributed by atoms with Crippen LogP contribution in [-0.2, 0) is 9.59 Å². The van der Waals surface area contributed by atoms with Crippen LogP contribution in [0.15, 0.2) is 48.5 Å². The van der Waals surface area contributed by atoms with Gasteiger partial charge in [-0.05, 0) is 31.2 Å². The standard InChI is InChI=1S/C19H18ClN3O3/c1-12-6-8-14(9-7-12)23-11-13(10-17(23)24)18(25)21-22-19(26)15-4-2-3-5-16(15)20/h2-9,13H,10-11H2,1H3,(H,21,25)(H,22,26). The van der Waals surface area contributed by atoms with E-state index in [1.807, 2.05) is 31.2 Å². The van der Waals surface area contributed by atoms with E-state index < -0.39 is 17.7 Å². The van der Waals surface area contributed by atoms with Crippen LogP contribution in [0.5, 0.6) is 0 Å². The van der Waals surface area contributed by atoms with Crippen LogP contribution in [0.1, 0.15) is 22.3 Å². The molecule has 1 heterocycles. The summed E-state index contributed by atoms with van der Waals surface area (Å²) in [6, 6.07) is 14.1. The highest BCUT2D eigenvalue weighted by molar-refractivity contribution is 6.33. The average molecular weight is 372 g/mol. The van der Waals surface area contributed by atoms with Gasteiger partial charge in [0.1, 0.15) is 0 Å². The highest BCUT2D eigenvalue weighted by atomic mass is 35.5. The molecule has 134 valence electrons. The first-order chi connectivity index (χ1) is 12.5. The second-order valence-electron chi connectivity index (χ2n) is 6.16. The van der Waals surface area contributed by atoms with Gasteiger partial charge < -0.3 is 4.90 Å². The van der Waals surface area contributed by atoms with E-state index in [0.29, 0.717) is 5.02 Å². The molecule has 2 aromatic carbocycles. The van der Waals surface area contributed by atoms with Crippen molar-refractivity contribution in [2.45, 2.75) is 13.3 Å². The van der Waals surface area contributed by atoms with Gasteiger partial charge in [0.15, 0.2) is 0 Å². The van der Waals surface area contributed by atoms with Crippen LogP contribution < -0.4 is 15.8 Å². The van der Waals surface area contributed by atoms with Crippen molar-refractivity contribution in [3.05, 3.63) is 64.7 Å². The zero-order valence-electron chi connectivity index (χ0n) is 14.2. The fourth-order valence-electron chi connectivity index (χ4n) is 2.79. The molecular weight excluding hydrogens is 354 g/mol. The number of halogens is 1. The predicted molar refractivity (Wildman–Crippen MR) is 98.7 cm³/mol. The van der Waals surface area contributed by atoms with Gasteiger partial charge in [0.2, 0.25) is 11.8 Å². The topological polar surface area (TPSA) is 78.5 Å². The Hall–Kier alpha value is -2.86. The molecule has 0 bridgehead atoms. The Morgan fingerprint density at radius 1 is 1.08 bits per heavy atom. The Kier molecular flexibility index (Phi) is 5.23. The molecule has 0 spiro atoms. The van der Waals surface area contributed by atoms with Crippen LogP contribution in [0.4, 0.5) is 5.69 Å².